The van der Waals surface area contributed by atoms with E-state index < -0.39 is 0 Å². The van der Waals surface area contributed by atoms with Crippen molar-refractivity contribution >= 4 is 5.84 Å². The zero-order valence-corrected chi connectivity index (χ0v) is 10.8. The smallest absolute Gasteiger partial charge is 0.144 e. The van der Waals surface area contributed by atoms with Gasteiger partial charge in [-0.05, 0) is 26.8 Å². The summed E-state index contributed by atoms with van der Waals surface area (Å²) >= 11 is 0. The van der Waals surface area contributed by atoms with Crippen LogP contribution in [0, 0.1) is 5.41 Å². The van der Waals surface area contributed by atoms with E-state index in [9.17, 15) is 0 Å². The molecule has 0 aromatic heterocycles. The van der Waals surface area contributed by atoms with E-state index in [0.29, 0.717) is 12.6 Å². The second-order valence-corrected chi connectivity index (χ2v) is 4.63. The van der Waals surface area contributed by atoms with Crippen molar-refractivity contribution in [1.29, 1.82) is 0 Å². The van der Waals surface area contributed by atoms with Gasteiger partial charge in [0.1, 0.15) is 5.84 Å². The third-order valence-corrected chi connectivity index (χ3v) is 2.62. The first-order valence-corrected chi connectivity index (χ1v) is 5.73. The monoisotopic (exact) mass is 231 g/mol. The maximum Gasteiger partial charge on any atom is 0.144 e. The second-order valence-electron chi connectivity index (χ2n) is 4.63. The predicted molar refractivity (Wildman–Crippen MR) is 65.8 cm³/mol. The van der Waals surface area contributed by atoms with Crippen LogP contribution in [0.15, 0.2) is 5.16 Å². The lowest BCUT2D eigenvalue weighted by Crippen LogP contribution is -2.38. The first-order valence-electron chi connectivity index (χ1n) is 5.73. The Labute approximate surface area is 98.0 Å². The van der Waals surface area contributed by atoms with Crippen molar-refractivity contribution in [2.45, 2.75) is 40.2 Å². The van der Waals surface area contributed by atoms with Crippen LogP contribution in [0.1, 0.15) is 34.1 Å². The van der Waals surface area contributed by atoms with Gasteiger partial charge in [-0.1, -0.05) is 19.0 Å². The molecular formula is C11H25N3O2. The minimum absolute atomic E-state index is 0.270. The van der Waals surface area contributed by atoms with Crippen LogP contribution in [0.5, 0.6) is 0 Å². The summed E-state index contributed by atoms with van der Waals surface area (Å²) in [5.74, 6) is 0.270. The summed E-state index contributed by atoms with van der Waals surface area (Å²) < 4.78 is 5.30. The fourth-order valence-corrected chi connectivity index (χ4v) is 1.25. The van der Waals surface area contributed by atoms with E-state index in [1.165, 1.54) is 0 Å². The predicted octanol–water partition coefficient (Wildman–Crippen LogP) is 1.16. The Morgan fingerprint density at radius 2 is 2.19 bits per heavy atom. The highest BCUT2D eigenvalue weighted by Gasteiger charge is 2.23. The van der Waals surface area contributed by atoms with Gasteiger partial charge in [-0.25, -0.2) is 0 Å². The molecule has 5 heteroatoms. The molecule has 0 spiro atoms. The molecule has 0 rings (SSSR count). The molecule has 0 aromatic carbocycles. The van der Waals surface area contributed by atoms with E-state index in [1.54, 1.807) is 0 Å². The topological polar surface area (TPSA) is 79.9 Å². The van der Waals surface area contributed by atoms with Gasteiger partial charge in [0.25, 0.3) is 0 Å². The van der Waals surface area contributed by atoms with Crippen LogP contribution in [0.25, 0.3) is 0 Å². The summed E-state index contributed by atoms with van der Waals surface area (Å²) in [5, 5.41) is 15.0. The van der Waals surface area contributed by atoms with E-state index in [0.717, 1.165) is 19.6 Å². The van der Waals surface area contributed by atoms with Gasteiger partial charge >= 0.3 is 0 Å². The molecule has 0 fully saturated rings. The Balaban J connectivity index is 3.80. The molecule has 1 atom stereocenters. The molecule has 0 heterocycles. The van der Waals surface area contributed by atoms with Crippen molar-refractivity contribution in [2.75, 3.05) is 19.8 Å². The molecule has 5 nitrogen and oxygen atoms in total. The Morgan fingerprint density at radius 3 is 2.69 bits per heavy atom. The van der Waals surface area contributed by atoms with Crippen LogP contribution in [0.4, 0.5) is 0 Å². The number of nitrogens with two attached hydrogens (primary N) is 1. The maximum absolute atomic E-state index is 8.62. The highest BCUT2D eigenvalue weighted by molar-refractivity contribution is 5.85. The van der Waals surface area contributed by atoms with Gasteiger partial charge in [-0.15, -0.1) is 0 Å². The largest absolute Gasteiger partial charge is 0.409 e. The molecule has 0 bridgehead atoms. The number of rotatable bonds is 8. The summed E-state index contributed by atoms with van der Waals surface area (Å²) in [6, 6.07) is 0.322. The average molecular weight is 231 g/mol. The molecule has 4 N–H and O–H groups in total. The molecule has 0 aliphatic rings. The lowest BCUT2D eigenvalue weighted by atomic mass is 9.88. The molecule has 16 heavy (non-hydrogen) atoms. The maximum atomic E-state index is 8.62. The van der Waals surface area contributed by atoms with Crippen molar-refractivity contribution in [3.63, 3.8) is 0 Å². The minimum Gasteiger partial charge on any atom is -0.409 e. The summed E-state index contributed by atoms with van der Waals surface area (Å²) in [7, 11) is 0. The minimum atomic E-state index is -0.285. The van der Waals surface area contributed by atoms with E-state index in [4.69, 9.17) is 15.7 Å². The fraction of sp³-hybridized carbons (Fsp3) is 0.909. The standard InChI is InChI=1S/C11H25N3O2/c1-5-16-8-9(2)13-7-6-11(3,4)10(12)14-15/h9,13,15H,5-8H2,1-4H3,(H2,12,14). The third kappa shape index (κ3) is 5.92. The lowest BCUT2D eigenvalue weighted by molar-refractivity contribution is 0.126. The van der Waals surface area contributed by atoms with Gasteiger partial charge < -0.3 is 21.0 Å². The van der Waals surface area contributed by atoms with Gasteiger partial charge in [0, 0.05) is 18.1 Å². The van der Waals surface area contributed by atoms with Crippen molar-refractivity contribution < 1.29 is 9.94 Å². The normalized spacial score (nSPS) is 15.1. The number of nitrogens with one attached hydrogen (secondary N) is 1. The summed E-state index contributed by atoms with van der Waals surface area (Å²) in [5.41, 5.74) is 5.31. The van der Waals surface area contributed by atoms with Gasteiger partial charge in [-0.2, -0.15) is 0 Å². The molecule has 0 saturated carbocycles. The van der Waals surface area contributed by atoms with Crippen LogP contribution < -0.4 is 11.1 Å². The highest BCUT2D eigenvalue weighted by atomic mass is 16.5. The van der Waals surface area contributed by atoms with E-state index in [1.807, 2.05) is 20.8 Å². The Bertz CT molecular complexity index is 217. The van der Waals surface area contributed by atoms with Crippen molar-refractivity contribution in [1.82, 2.24) is 5.32 Å². The van der Waals surface area contributed by atoms with Crippen molar-refractivity contribution in [3.8, 4) is 0 Å². The number of nitrogens with zero attached hydrogens (tertiary/aromatic N) is 1. The van der Waals surface area contributed by atoms with Crippen LogP contribution in [-0.4, -0.2) is 36.8 Å². The molecule has 0 amide bonds. The van der Waals surface area contributed by atoms with Crippen molar-refractivity contribution in [3.05, 3.63) is 0 Å². The van der Waals surface area contributed by atoms with Crippen LogP contribution in [0.2, 0.25) is 0 Å². The molecule has 0 aromatic rings. The van der Waals surface area contributed by atoms with Crippen LogP contribution >= 0.6 is 0 Å². The molecule has 96 valence electrons. The first kappa shape index (κ1) is 15.2. The number of oxime groups is 1. The zero-order valence-electron chi connectivity index (χ0n) is 10.8. The summed E-state index contributed by atoms with van der Waals surface area (Å²) in [6.45, 7) is 10.2. The molecule has 0 saturated heterocycles. The first-order chi connectivity index (χ1) is 7.44. The van der Waals surface area contributed by atoms with Gasteiger partial charge in [-0.3, -0.25) is 0 Å². The fourth-order valence-electron chi connectivity index (χ4n) is 1.25. The van der Waals surface area contributed by atoms with Gasteiger partial charge in [0.2, 0.25) is 0 Å². The van der Waals surface area contributed by atoms with Gasteiger partial charge in [0.15, 0.2) is 0 Å². The number of hydrogen-bond acceptors (Lipinski definition) is 4. The Morgan fingerprint density at radius 1 is 1.56 bits per heavy atom. The molecular weight excluding hydrogens is 206 g/mol. The number of hydrogen-bond donors (Lipinski definition) is 3. The van der Waals surface area contributed by atoms with E-state index in [-0.39, 0.29) is 11.3 Å². The second kappa shape index (κ2) is 7.46. The molecule has 1 unspecified atom stereocenters. The Hall–Kier alpha value is -0.810. The molecule has 0 aliphatic carbocycles. The van der Waals surface area contributed by atoms with Crippen molar-refractivity contribution in [2.24, 2.45) is 16.3 Å². The van der Waals surface area contributed by atoms with Crippen LogP contribution in [0.3, 0.4) is 0 Å². The van der Waals surface area contributed by atoms with Crippen LogP contribution in [-0.2, 0) is 4.74 Å². The lowest BCUT2D eigenvalue weighted by Gasteiger charge is -2.24. The quantitative estimate of drug-likeness (QED) is 0.253. The summed E-state index contributed by atoms with van der Waals surface area (Å²) in [6.07, 6.45) is 0.819. The molecule has 0 radical (unpaired) electrons. The molecule has 0 aliphatic heterocycles. The Kier molecular flexibility index (Phi) is 7.08. The van der Waals surface area contributed by atoms with Gasteiger partial charge in [0.05, 0.1) is 6.61 Å². The number of ether oxygens (including phenoxy) is 1. The summed E-state index contributed by atoms with van der Waals surface area (Å²) in [4.78, 5) is 0. The highest BCUT2D eigenvalue weighted by Crippen LogP contribution is 2.19. The van der Waals surface area contributed by atoms with E-state index in [2.05, 4.69) is 17.4 Å². The zero-order chi connectivity index (χ0) is 12.6. The van der Waals surface area contributed by atoms with E-state index >= 15 is 0 Å². The average Bonchev–Trinajstić information content (AvgIpc) is 2.24. The SMILES string of the molecule is CCOCC(C)NCCC(C)(C)C(N)=NO. The number of amidine groups is 1. The third-order valence-electron chi connectivity index (χ3n) is 2.62.